The highest BCUT2D eigenvalue weighted by atomic mass is 79.9. The molecule has 1 amide bonds. The summed E-state index contributed by atoms with van der Waals surface area (Å²) >= 11 is 9.24. The summed E-state index contributed by atoms with van der Waals surface area (Å²) in [7, 11) is 0. The fourth-order valence-electron chi connectivity index (χ4n) is 2.04. The van der Waals surface area contributed by atoms with Crippen molar-refractivity contribution in [3.63, 3.8) is 0 Å². The Morgan fingerprint density at radius 2 is 2.18 bits per heavy atom. The van der Waals surface area contributed by atoms with Gasteiger partial charge in [0, 0.05) is 21.6 Å². The van der Waals surface area contributed by atoms with Crippen LogP contribution in [0.4, 0.5) is 0 Å². The Morgan fingerprint density at radius 3 is 2.71 bits per heavy atom. The molecule has 0 bridgehead atoms. The van der Waals surface area contributed by atoms with Crippen LogP contribution in [0.5, 0.6) is 0 Å². The van der Waals surface area contributed by atoms with E-state index in [9.17, 15) is 4.79 Å². The zero-order chi connectivity index (χ0) is 12.5. The van der Waals surface area contributed by atoms with E-state index in [4.69, 9.17) is 11.6 Å². The minimum atomic E-state index is -0.0543. The molecule has 1 fully saturated rings. The highest BCUT2D eigenvalue weighted by Gasteiger charge is 2.31. The van der Waals surface area contributed by atoms with Gasteiger partial charge in [0.2, 0.25) is 0 Å². The lowest BCUT2D eigenvalue weighted by Crippen LogP contribution is -2.39. The number of halogens is 2. The summed E-state index contributed by atoms with van der Waals surface area (Å²) in [6.07, 6.45) is 3.67. The smallest absolute Gasteiger partial charge is 0.251 e. The Kier molecular flexibility index (Phi) is 3.79. The van der Waals surface area contributed by atoms with Gasteiger partial charge in [0.25, 0.3) is 5.91 Å². The highest BCUT2D eigenvalue weighted by molar-refractivity contribution is 9.10. The molecule has 0 spiro atoms. The van der Waals surface area contributed by atoms with Gasteiger partial charge in [-0.1, -0.05) is 40.9 Å². The van der Waals surface area contributed by atoms with Gasteiger partial charge in [0.1, 0.15) is 0 Å². The van der Waals surface area contributed by atoms with Gasteiger partial charge in [-0.15, -0.1) is 0 Å². The van der Waals surface area contributed by atoms with Gasteiger partial charge in [-0.05, 0) is 36.5 Å². The first kappa shape index (κ1) is 12.9. The van der Waals surface area contributed by atoms with Crippen LogP contribution in [-0.4, -0.2) is 12.5 Å². The predicted molar refractivity (Wildman–Crippen MR) is 73.4 cm³/mol. The van der Waals surface area contributed by atoms with Crippen molar-refractivity contribution in [2.45, 2.75) is 26.2 Å². The van der Waals surface area contributed by atoms with Crippen LogP contribution in [0.3, 0.4) is 0 Å². The molecule has 2 rings (SSSR count). The van der Waals surface area contributed by atoms with Crippen molar-refractivity contribution in [2.75, 3.05) is 6.54 Å². The molecule has 4 heteroatoms. The molecule has 0 saturated heterocycles. The molecule has 1 aromatic rings. The van der Waals surface area contributed by atoms with E-state index in [1.165, 1.54) is 19.3 Å². The summed E-state index contributed by atoms with van der Waals surface area (Å²) in [5.74, 6) is -0.0543. The van der Waals surface area contributed by atoms with Gasteiger partial charge >= 0.3 is 0 Å². The molecule has 1 saturated carbocycles. The van der Waals surface area contributed by atoms with Gasteiger partial charge in [-0.25, -0.2) is 0 Å². The molecule has 0 unspecified atom stereocenters. The van der Waals surface area contributed by atoms with E-state index >= 15 is 0 Å². The number of nitrogens with one attached hydrogen (secondary N) is 1. The molecule has 17 heavy (non-hydrogen) atoms. The third-order valence-corrected chi connectivity index (χ3v) is 4.04. The molecule has 92 valence electrons. The summed E-state index contributed by atoms with van der Waals surface area (Å²) in [6.45, 7) is 2.96. The summed E-state index contributed by atoms with van der Waals surface area (Å²) in [5.41, 5.74) is 0.901. The predicted octanol–water partition coefficient (Wildman–Crippen LogP) is 4.02. The van der Waals surface area contributed by atoms with Crippen molar-refractivity contribution >= 4 is 33.4 Å². The van der Waals surface area contributed by atoms with Gasteiger partial charge in [0.05, 0.1) is 0 Å². The standard InChI is InChI=1S/C13H15BrClNO/c1-13(3-2-4-13)8-16-12(17)9-5-10(14)7-11(15)6-9/h5-7H,2-4,8H2,1H3,(H,16,17). The first-order chi connectivity index (χ1) is 7.98. The van der Waals surface area contributed by atoms with Crippen molar-refractivity contribution in [1.29, 1.82) is 0 Å². The summed E-state index contributed by atoms with van der Waals surface area (Å²) in [5, 5.41) is 3.55. The lowest BCUT2D eigenvalue weighted by Gasteiger charge is -2.38. The van der Waals surface area contributed by atoms with Crippen LogP contribution in [0.1, 0.15) is 36.5 Å². The molecule has 0 atom stereocenters. The third kappa shape index (κ3) is 3.23. The van der Waals surface area contributed by atoms with Crippen LogP contribution >= 0.6 is 27.5 Å². The van der Waals surface area contributed by atoms with E-state index in [0.29, 0.717) is 16.0 Å². The van der Waals surface area contributed by atoms with Crippen molar-refractivity contribution in [1.82, 2.24) is 5.32 Å². The maximum Gasteiger partial charge on any atom is 0.251 e. The Morgan fingerprint density at radius 1 is 1.47 bits per heavy atom. The number of benzene rings is 1. The Bertz CT molecular complexity index is 423. The fourth-order valence-corrected chi connectivity index (χ4v) is 2.90. The van der Waals surface area contributed by atoms with Gasteiger partial charge in [-0.3, -0.25) is 4.79 Å². The minimum Gasteiger partial charge on any atom is -0.351 e. The summed E-state index contributed by atoms with van der Waals surface area (Å²) < 4.78 is 0.824. The van der Waals surface area contributed by atoms with E-state index in [1.807, 2.05) is 0 Å². The molecule has 0 radical (unpaired) electrons. The molecule has 1 aliphatic rings. The van der Waals surface area contributed by atoms with Gasteiger partial charge < -0.3 is 5.32 Å². The Hall–Kier alpha value is -0.540. The molecule has 0 aliphatic heterocycles. The number of carbonyl (C=O) groups excluding carboxylic acids is 1. The van der Waals surface area contributed by atoms with Crippen LogP contribution in [0.15, 0.2) is 22.7 Å². The molecule has 2 nitrogen and oxygen atoms in total. The normalized spacial score (nSPS) is 17.4. The van der Waals surface area contributed by atoms with Gasteiger partial charge in [0.15, 0.2) is 0 Å². The molecule has 1 aliphatic carbocycles. The maximum absolute atomic E-state index is 11.9. The second kappa shape index (κ2) is 4.99. The van der Waals surface area contributed by atoms with Crippen molar-refractivity contribution in [3.8, 4) is 0 Å². The molecule has 1 aromatic carbocycles. The minimum absolute atomic E-state index is 0.0543. The Labute approximate surface area is 115 Å². The van der Waals surface area contributed by atoms with E-state index in [0.717, 1.165) is 11.0 Å². The van der Waals surface area contributed by atoms with Crippen molar-refractivity contribution in [3.05, 3.63) is 33.3 Å². The van der Waals surface area contributed by atoms with E-state index in [-0.39, 0.29) is 5.91 Å². The SMILES string of the molecule is CC1(CNC(=O)c2cc(Cl)cc(Br)c2)CCC1. The zero-order valence-corrected chi connectivity index (χ0v) is 12.1. The van der Waals surface area contributed by atoms with Crippen molar-refractivity contribution in [2.24, 2.45) is 5.41 Å². The lowest BCUT2D eigenvalue weighted by molar-refractivity contribution is 0.0890. The second-order valence-electron chi connectivity index (χ2n) is 5.01. The van der Waals surface area contributed by atoms with Crippen molar-refractivity contribution < 1.29 is 4.79 Å². The fraction of sp³-hybridized carbons (Fsp3) is 0.462. The molecule has 0 heterocycles. The number of rotatable bonds is 3. The van der Waals surface area contributed by atoms with Crippen LogP contribution in [-0.2, 0) is 0 Å². The number of carbonyl (C=O) groups is 1. The molecular formula is C13H15BrClNO. The van der Waals surface area contributed by atoms with Crippen LogP contribution in [0.2, 0.25) is 5.02 Å². The lowest BCUT2D eigenvalue weighted by atomic mass is 9.70. The first-order valence-corrected chi connectivity index (χ1v) is 6.90. The van der Waals surface area contributed by atoms with E-state index in [1.54, 1.807) is 18.2 Å². The second-order valence-corrected chi connectivity index (χ2v) is 6.36. The number of hydrogen-bond acceptors (Lipinski definition) is 1. The third-order valence-electron chi connectivity index (χ3n) is 3.36. The average molecular weight is 317 g/mol. The average Bonchev–Trinajstić information content (AvgIpc) is 2.22. The van der Waals surface area contributed by atoms with Crippen LogP contribution in [0, 0.1) is 5.41 Å². The largest absolute Gasteiger partial charge is 0.351 e. The maximum atomic E-state index is 11.9. The van der Waals surface area contributed by atoms with Crippen LogP contribution in [0.25, 0.3) is 0 Å². The number of amides is 1. The quantitative estimate of drug-likeness (QED) is 0.896. The zero-order valence-electron chi connectivity index (χ0n) is 9.72. The Balaban J connectivity index is 1.99. The van der Waals surface area contributed by atoms with E-state index in [2.05, 4.69) is 28.2 Å². The van der Waals surface area contributed by atoms with Gasteiger partial charge in [-0.2, -0.15) is 0 Å². The summed E-state index contributed by atoms with van der Waals surface area (Å²) in [4.78, 5) is 11.9. The monoisotopic (exact) mass is 315 g/mol. The van der Waals surface area contributed by atoms with Crippen LogP contribution < -0.4 is 5.32 Å². The first-order valence-electron chi connectivity index (χ1n) is 5.73. The van der Waals surface area contributed by atoms with E-state index < -0.39 is 0 Å². The molecule has 0 aromatic heterocycles. The number of hydrogen-bond donors (Lipinski definition) is 1. The topological polar surface area (TPSA) is 29.1 Å². The highest BCUT2D eigenvalue weighted by Crippen LogP contribution is 2.39. The molecule has 1 N–H and O–H groups in total. The summed E-state index contributed by atoms with van der Waals surface area (Å²) in [6, 6.07) is 5.24. The molecular weight excluding hydrogens is 302 g/mol.